The van der Waals surface area contributed by atoms with Gasteiger partial charge in [-0.15, -0.1) is 0 Å². The summed E-state index contributed by atoms with van der Waals surface area (Å²) in [5.74, 6) is -4.01. The predicted molar refractivity (Wildman–Crippen MR) is 137 cm³/mol. The number of hydrogen-bond donors (Lipinski definition) is 4. The highest BCUT2D eigenvalue weighted by Gasteiger charge is 2.60. The molecule has 0 fully saturated rings. The summed E-state index contributed by atoms with van der Waals surface area (Å²) in [5.41, 5.74) is 5.43. The zero-order chi connectivity index (χ0) is 27.4. The number of primary amides is 1. The topological polar surface area (TPSA) is 150 Å². The van der Waals surface area contributed by atoms with Crippen LogP contribution in [0.4, 0.5) is 0 Å². The number of aliphatic hydroxyl groups is 2. The van der Waals surface area contributed by atoms with Gasteiger partial charge in [-0.3, -0.25) is 14.5 Å². The molecule has 198 valence electrons. The average molecular weight is 511 g/mol. The number of nitrogens with two attached hydrogens (primary N) is 1. The molecule has 0 saturated heterocycles. The van der Waals surface area contributed by atoms with Gasteiger partial charge in [-0.05, 0) is 69.5 Å². The first-order valence-corrected chi connectivity index (χ1v) is 12.5. The van der Waals surface area contributed by atoms with Crippen molar-refractivity contribution in [2.45, 2.75) is 45.6 Å². The van der Waals surface area contributed by atoms with Crippen molar-refractivity contribution in [3.05, 3.63) is 58.1 Å². The zero-order valence-corrected chi connectivity index (χ0v) is 21.6. The van der Waals surface area contributed by atoms with E-state index in [-0.39, 0.29) is 30.5 Å². The van der Waals surface area contributed by atoms with Gasteiger partial charge < -0.3 is 25.8 Å². The van der Waals surface area contributed by atoms with Crippen molar-refractivity contribution in [3.8, 4) is 5.75 Å². The predicted octanol–water partition coefficient (Wildman–Crippen LogP) is 3.18. The third-order valence-electron chi connectivity index (χ3n) is 8.18. The van der Waals surface area contributed by atoms with Crippen LogP contribution in [-0.4, -0.2) is 64.6 Å². The molecular formula is C28H34N2O7. The summed E-state index contributed by atoms with van der Waals surface area (Å²) >= 11 is 0. The van der Waals surface area contributed by atoms with Gasteiger partial charge in [0, 0.05) is 17.1 Å². The normalized spacial score (nSPS) is 27.1. The molecule has 9 heteroatoms. The molecule has 0 aliphatic heterocycles. The Morgan fingerprint density at radius 3 is 2.49 bits per heavy atom. The van der Waals surface area contributed by atoms with E-state index < -0.39 is 46.4 Å². The van der Waals surface area contributed by atoms with Crippen LogP contribution in [-0.2, 0) is 20.7 Å². The lowest BCUT2D eigenvalue weighted by molar-refractivity contribution is -0.130. The van der Waals surface area contributed by atoms with E-state index in [0.717, 1.165) is 12.8 Å². The Morgan fingerprint density at radius 1 is 1.22 bits per heavy atom. The van der Waals surface area contributed by atoms with Gasteiger partial charge in [0.2, 0.25) is 0 Å². The Balaban J connectivity index is 1.90. The summed E-state index contributed by atoms with van der Waals surface area (Å²) in [4.78, 5) is 40.0. The van der Waals surface area contributed by atoms with Crippen LogP contribution in [0.3, 0.4) is 0 Å². The van der Waals surface area contributed by atoms with E-state index in [0.29, 0.717) is 34.3 Å². The van der Waals surface area contributed by atoms with E-state index >= 15 is 0 Å². The first kappa shape index (κ1) is 26.5. The number of aromatic hydroxyl groups is 1. The number of benzene rings is 1. The molecule has 3 aliphatic rings. The summed E-state index contributed by atoms with van der Waals surface area (Å²) in [5, 5.41) is 33.6. The van der Waals surface area contributed by atoms with Crippen LogP contribution in [0.1, 0.15) is 54.6 Å². The highest BCUT2D eigenvalue weighted by molar-refractivity contribution is 6.22. The fraction of sp³-hybridized carbons (Fsp3) is 0.464. The second-order valence-corrected chi connectivity index (χ2v) is 10.5. The van der Waals surface area contributed by atoms with E-state index in [9.17, 15) is 29.7 Å². The van der Waals surface area contributed by atoms with E-state index in [1.165, 1.54) is 12.1 Å². The van der Waals surface area contributed by atoms with Gasteiger partial charge >= 0.3 is 5.97 Å². The van der Waals surface area contributed by atoms with Gasteiger partial charge in [0.25, 0.3) is 5.91 Å². The number of carbonyl (C=O) groups excluding carboxylic acids is 3. The molecule has 1 amide bonds. The second kappa shape index (κ2) is 9.37. The number of aliphatic hydroxyl groups excluding tert-OH is 2. The minimum Gasteiger partial charge on any atom is -0.511 e. The number of ether oxygens (including phenoxy) is 1. The maximum absolute atomic E-state index is 13.3. The van der Waals surface area contributed by atoms with Crippen molar-refractivity contribution >= 4 is 23.2 Å². The summed E-state index contributed by atoms with van der Waals surface area (Å²) in [6.45, 7) is 8.01. The summed E-state index contributed by atoms with van der Waals surface area (Å²) < 4.78 is 5.43. The molecule has 37 heavy (non-hydrogen) atoms. The Kier molecular flexibility index (Phi) is 6.71. The fourth-order valence-corrected chi connectivity index (χ4v) is 6.30. The number of unbranched alkanes of at least 4 members (excludes halogenated alkanes) is 1. The van der Waals surface area contributed by atoms with Crippen LogP contribution < -0.4 is 5.73 Å². The molecule has 0 saturated carbocycles. The molecular weight excluding hydrogens is 476 g/mol. The number of Topliss-reactive ketones (excluding diaryl/α,β-unsaturated/α-hetero) is 1. The first-order valence-electron chi connectivity index (χ1n) is 12.5. The largest absolute Gasteiger partial charge is 0.511 e. The first-order chi connectivity index (χ1) is 17.4. The molecule has 1 aromatic carbocycles. The third-order valence-corrected chi connectivity index (χ3v) is 8.18. The number of nitrogens with zero attached hydrogens (tertiary/aromatic N) is 1. The molecule has 4 atom stereocenters. The lowest BCUT2D eigenvalue weighted by Crippen LogP contribution is -2.58. The van der Waals surface area contributed by atoms with Gasteiger partial charge in [-0.2, -0.15) is 0 Å². The van der Waals surface area contributed by atoms with E-state index in [1.807, 2.05) is 6.92 Å². The van der Waals surface area contributed by atoms with Gasteiger partial charge in [-0.1, -0.05) is 19.9 Å². The number of allylic oxidation sites excluding steroid dienone is 2. The fourth-order valence-electron chi connectivity index (χ4n) is 6.30. The van der Waals surface area contributed by atoms with Crippen LogP contribution in [0.15, 0.2) is 41.4 Å². The molecule has 4 rings (SSSR count). The average Bonchev–Trinajstić information content (AvgIpc) is 2.81. The minimum absolute atomic E-state index is 0.0984. The van der Waals surface area contributed by atoms with E-state index in [1.54, 1.807) is 25.9 Å². The van der Waals surface area contributed by atoms with Crippen molar-refractivity contribution in [3.63, 3.8) is 0 Å². The van der Waals surface area contributed by atoms with Crippen molar-refractivity contribution in [1.29, 1.82) is 0 Å². The highest BCUT2D eigenvalue weighted by atomic mass is 16.5. The van der Waals surface area contributed by atoms with Gasteiger partial charge in [0.15, 0.2) is 5.78 Å². The molecule has 0 spiro atoms. The quantitative estimate of drug-likeness (QED) is 0.259. The van der Waals surface area contributed by atoms with Gasteiger partial charge in [0.1, 0.15) is 22.8 Å². The smallest absolute Gasteiger partial charge is 0.338 e. The van der Waals surface area contributed by atoms with Crippen LogP contribution in [0.25, 0.3) is 5.57 Å². The van der Waals surface area contributed by atoms with Crippen LogP contribution >= 0.6 is 0 Å². The number of hydrogen-bond acceptors (Lipinski definition) is 8. The van der Waals surface area contributed by atoms with Crippen molar-refractivity contribution in [2.75, 3.05) is 20.7 Å². The molecule has 9 nitrogen and oxygen atoms in total. The Hall–Kier alpha value is -3.59. The molecule has 5 N–H and O–H groups in total. The van der Waals surface area contributed by atoms with Crippen LogP contribution in [0.2, 0.25) is 0 Å². The van der Waals surface area contributed by atoms with E-state index in [2.05, 4.69) is 6.58 Å². The number of esters is 1. The monoisotopic (exact) mass is 510 g/mol. The number of phenols is 1. The summed E-state index contributed by atoms with van der Waals surface area (Å²) in [7, 11) is 3.38. The molecule has 1 aromatic rings. The SMILES string of the molecule is C=C1C2=C(O)[C@@]3(C)C(O)=C(C(N)=O)C(=O)C(N(C)C)[C@@H]3C[C@@H]2Cc2c(C(=O)OCCCC)ccc(O)c21. The number of likely N-dealkylation sites (N-methyl/N-ethyl adjacent to an activating group) is 1. The standard InChI is InChI=1S/C28H34N2O7/c1-6-7-10-37-27(36)15-8-9-18(31)20-13(2)19-14(11-16(15)20)12-17-22(30(4)5)23(32)21(26(29)35)25(34)28(17,3)24(19)33/h8-9,14,17,22,31,33-34H,2,6-7,10-12H2,1,3-5H3,(H2,29,35)/t14-,17-,22?,28-/m0/s1. The molecule has 0 aromatic heterocycles. The van der Waals surface area contributed by atoms with Crippen molar-refractivity contribution in [1.82, 2.24) is 4.90 Å². The lowest BCUT2D eigenvalue weighted by atomic mass is 9.54. The van der Waals surface area contributed by atoms with E-state index in [4.69, 9.17) is 10.5 Å². The van der Waals surface area contributed by atoms with Gasteiger partial charge in [0.05, 0.1) is 23.6 Å². The maximum atomic E-state index is 13.3. The summed E-state index contributed by atoms with van der Waals surface area (Å²) in [6.07, 6.45) is 2.23. The number of phenolic OH excluding ortho intramolecular Hbond substituents is 1. The Bertz CT molecular complexity index is 1280. The minimum atomic E-state index is -1.48. The Labute approximate surface area is 215 Å². The molecule has 0 heterocycles. The number of rotatable bonds is 6. The number of amides is 1. The number of ketones is 1. The second-order valence-electron chi connectivity index (χ2n) is 10.5. The lowest BCUT2D eigenvalue weighted by Gasteiger charge is -2.52. The molecule has 0 bridgehead atoms. The van der Waals surface area contributed by atoms with Crippen LogP contribution in [0, 0.1) is 17.3 Å². The van der Waals surface area contributed by atoms with Crippen LogP contribution in [0.5, 0.6) is 5.75 Å². The number of fused-ring (bicyclic) bond motifs is 3. The van der Waals surface area contributed by atoms with Crippen molar-refractivity contribution < 1.29 is 34.4 Å². The van der Waals surface area contributed by atoms with Crippen molar-refractivity contribution in [2.24, 2.45) is 23.0 Å². The molecule has 3 aliphatic carbocycles. The third kappa shape index (κ3) is 3.83. The maximum Gasteiger partial charge on any atom is 0.338 e. The number of carbonyl (C=O) groups is 3. The zero-order valence-electron chi connectivity index (χ0n) is 21.6. The molecule has 1 unspecified atom stereocenters. The Morgan fingerprint density at radius 2 is 1.89 bits per heavy atom. The van der Waals surface area contributed by atoms with Gasteiger partial charge in [-0.25, -0.2) is 4.79 Å². The highest BCUT2D eigenvalue weighted by Crippen LogP contribution is 2.59. The summed E-state index contributed by atoms with van der Waals surface area (Å²) in [6, 6.07) is 2.09. The molecule has 0 radical (unpaired) electrons.